The Morgan fingerprint density at radius 2 is 1.88 bits per heavy atom. The van der Waals surface area contributed by atoms with Gasteiger partial charge in [-0.25, -0.2) is 9.98 Å². The summed E-state index contributed by atoms with van der Waals surface area (Å²) in [6.07, 6.45) is 8.38. The van der Waals surface area contributed by atoms with Crippen LogP contribution in [0.5, 0.6) is 0 Å². The maximum Gasteiger partial charge on any atom is 0.191 e. The standard InChI is InChI=1S/C20H35N5.HI/c1-4-21-20(22-12-11-17(2)3)24-16-18-9-10-19(23-15-18)25-13-7-5-6-8-14-25;/h9-10,15,17H,4-8,11-14,16H2,1-3H3,(H2,21,22,24);1H. The fraction of sp³-hybridized carbons (Fsp3) is 0.700. The topological polar surface area (TPSA) is 52.6 Å². The third kappa shape index (κ3) is 8.56. The summed E-state index contributed by atoms with van der Waals surface area (Å²) in [7, 11) is 0. The van der Waals surface area contributed by atoms with Crippen LogP contribution in [0, 0.1) is 5.92 Å². The van der Waals surface area contributed by atoms with Gasteiger partial charge in [0.05, 0.1) is 6.54 Å². The molecule has 1 aromatic rings. The second-order valence-electron chi connectivity index (χ2n) is 7.23. The molecule has 1 aromatic heterocycles. The Kier molecular flexibility index (Phi) is 11.6. The van der Waals surface area contributed by atoms with E-state index in [1.165, 1.54) is 25.7 Å². The van der Waals surface area contributed by atoms with Gasteiger partial charge in [0.2, 0.25) is 0 Å². The fourth-order valence-corrected chi connectivity index (χ4v) is 2.99. The van der Waals surface area contributed by atoms with Crippen molar-refractivity contribution in [1.82, 2.24) is 15.6 Å². The molecule has 6 heteroatoms. The Labute approximate surface area is 176 Å². The van der Waals surface area contributed by atoms with E-state index in [-0.39, 0.29) is 24.0 Å². The zero-order valence-corrected chi connectivity index (χ0v) is 19.0. The molecule has 1 saturated heterocycles. The number of pyridine rings is 1. The first-order valence-corrected chi connectivity index (χ1v) is 9.91. The lowest BCUT2D eigenvalue weighted by molar-refractivity contribution is 0.573. The molecule has 0 unspecified atom stereocenters. The molecule has 0 radical (unpaired) electrons. The van der Waals surface area contributed by atoms with E-state index in [0.29, 0.717) is 12.5 Å². The molecule has 5 nitrogen and oxygen atoms in total. The third-order valence-electron chi connectivity index (χ3n) is 4.52. The summed E-state index contributed by atoms with van der Waals surface area (Å²) >= 11 is 0. The van der Waals surface area contributed by atoms with E-state index < -0.39 is 0 Å². The van der Waals surface area contributed by atoms with Gasteiger partial charge in [-0.05, 0) is 43.7 Å². The third-order valence-corrected chi connectivity index (χ3v) is 4.52. The Morgan fingerprint density at radius 3 is 2.46 bits per heavy atom. The number of nitrogens with one attached hydrogen (secondary N) is 2. The van der Waals surface area contributed by atoms with Gasteiger partial charge in [0.15, 0.2) is 5.96 Å². The number of hydrogen-bond donors (Lipinski definition) is 2. The SMILES string of the molecule is CCNC(=NCc1ccc(N2CCCCCC2)nc1)NCCC(C)C.I. The van der Waals surface area contributed by atoms with Crippen molar-refractivity contribution in [2.75, 3.05) is 31.1 Å². The molecule has 0 aromatic carbocycles. The first-order chi connectivity index (χ1) is 12.2. The molecule has 0 spiro atoms. The minimum Gasteiger partial charge on any atom is -0.357 e. The smallest absolute Gasteiger partial charge is 0.191 e. The molecule has 0 bridgehead atoms. The highest BCUT2D eigenvalue weighted by molar-refractivity contribution is 14.0. The second-order valence-corrected chi connectivity index (χ2v) is 7.23. The summed E-state index contributed by atoms with van der Waals surface area (Å²) in [5.41, 5.74) is 1.15. The van der Waals surface area contributed by atoms with Crippen LogP contribution in [0.1, 0.15) is 58.4 Å². The lowest BCUT2D eigenvalue weighted by Gasteiger charge is -2.21. The monoisotopic (exact) mass is 473 g/mol. The van der Waals surface area contributed by atoms with Crippen molar-refractivity contribution in [3.8, 4) is 0 Å². The van der Waals surface area contributed by atoms with E-state index in [0.717, 1.165) is 49.9 Å². The molecule has 2 heterocycles. The van der Waals surface area contributed by atoms with Crippen molar-refractivity contribution >= 4 is 35.8 Å². The number of aliphatic imine (C=N–C) groups is 1. The van der Waals surface area contributed by atoms with E-state index in [2.05, 4.69) is 58.4 Å². The van der Waals surface area contributed by atoms with Gasteiger partial charge in [0.25, 0.3) is 0 Å². The van der Waals surface area contributed by atoms with Gasteiger partial charge >= 0.3 is 0 Å². The number of halogens is 1. The minimum absolute atomic E-state index is 0. The van der Waals surface area contributed by atoms with E-state index in [1.54, 1.807) is 0 Å². The Bertz CT molecular complexity index is 507. The van der Waals surface area contributed by atoms with E-state index in [4.69, 9.17) is 0 Å². The fourth-order valence-electron chi connectivity index (χ4n) is 2.99. The number of hydrogen-bond acceptors (Lipinski definition) is 3. The molecule has 148 valence electrons. The normalized spacial score (nSPS) is 15.4. The van der Waals surface area contributed by atoms with Gasteiger partial charge in [0, 0.05) is 32.4 Å². The Morgan fingerprint density at radius 1 is 1.15 bits per heavy atom. The largest absolute Gasteiger partial charge is 0.357 e. The van der Waals surface area contributed by atoms with Gasteiger partial charge in [-0.15, -0.1) is 24.0 Å². The summed E-state index contributed by atoms with van der Waals surface area (Å²) < 4.78 is 0. The first-order valence-electron chi connectivity index (χ1n) is 9.91. The Hall–Kier alpha value is -1.05. The summed E-state index contributed by atoms with van der Waals surface area (Å²) in [5, 5.41) is 6.71. The van der Waals surface area contributed by atoms with Crippen LogP contribution in [-0.2, 0) is 6.54 Å². The van der Waals surface area contributed by atoms with E-state index in [9.17, 15) is 0 Å². The summed E-state index contributed by atoms with van der Waals surface area (Å²) in [4.78, 5) is 11.8. The van der Waals surface area contributed by atoms with Crippen LogP contribution in [0.2, 0.25) is 0 Å². The van der Waals surface area contributed by atoms with E-state index in [1.807, 2.05) is 6.20 Å². The number of guanidine groups is 1. The van der Waals surface area contributed by atoms with Gasteiger partial charge in [-0.3, -0.25) is 0 Å². The van der Waals surface area contributed by atoms with Crippen LogP contribution >= 0.6 is 24.0 Å². The maximum absolute atomic E-state index is 4.68. The maximum atomic E-state index is 4.68. The van der Waals surface area contributed by atoms with Crippen molar-refractivity contribution in [3.63, 3.8) is 0 Å². The molecule has 1 fully saturated rings. The number of rotatable bonds is 7. The predicted octanol–water partition coefficient (Wildman–Crippen LogP) is 4.18. The first kappa shape index (κ1) is 23.0. The number of nitrogens with zero attached hydrogens (tertiary/aromatic N) is 3. The lowest BCUT2D eigenvalue weighted by Crippen LogP contribution is -2.38. The number of anilines is 1. The predicted molar refractivity (Wildman–Crippen MR) is 123 cm³/mol. The van der Waals surface area contributed by atoms with Gasteiger partial charge in [-0.2, -0.15) is 0 Å². The summed E-state index contributed by atoms with van der Waals surface area (Å²) in [5.74, 6) is 2.70. The minimum atomic E-state index is 0. The van der Waals surface area contributed by atoms with Crippen LogP contribution in [0.3, 0.4) is 0 Å². The molecular formula is C20H36IN5. The highest BCUT2D eigenvalue weighted by Gasteiger charge is 2.10. The molecule has 1 aliphatic heterocycles. The molecular weight excluding hydrogens is 437 g/mol. The van der Waals surface area contributed by atoms with Crippen molar-refractivity contribution < 1.29 is 0 Å². The second kappa shape index (κ2) is 13.2. The average molecular weight is 473 g/mol. The lowest BCUT2D eigenvalue weighted by atomic mass is 10.1. The average Bonchev–Trinajstić information content (AvgIpc) is 2.89. The van der Waals surface area contributed by atoms with Crippen LogP contribution in [0.15, 0.2) is 23.3 Å². The molecule has 1 aliphatic rings. The molecule has 0 amide bonds. The van der Waals surface area contributed by atoms with Crippen molar-refractivity contribution in [2.24, 2.45) is 10.9 Å². The molecule has 26 heavy (non-hydrogen) atoms. The van der Waals surface area contributed by atoms with Crippen LogP contribution < -0.4 is 15.5 Å². The molecule has 2 N–H and O–H groups in total. The quantitative estimate of drug-likeness (QED) is 0.355. The summed E-state index contributed by atoms with van der Waals surface area (Å²) in [6.45, 7) is 11.3. The molecule has 0 atom stereocenters. The highest BCUT2D eigenvalue weighted by atomic mass is 127. The van der Waals surface area contributed by atoms with Crippen LogP contribution in [0.4, 0.5) is 5.82 Å². The van der Waals surface area contributed by atoms with Gasteiger partial charge < -0.3 is 15.5 Å². The van der Waals surface area contributed by atoms with Crippen molar-refractivity contribution in [2.45, 2.75) is 59.4 Å². The molecule has 0 aliphatic carbocycles. The zero-order valence-electron chi connectivity index (χ0n) is 16.6. The van der Waals surface area contributed by atoms with Crippen LogP contribution in [0.25, 0.3) is 0 Å². The van der Waals surface area contributed by atoms with E-state index >= 15 is 0 Å². The summed E-state index contributed by atoms with van der Waals surface area (Å²) in [6, 6.07) is 4.31. The van der Waals surface area contributed by atoms with Crippen molar-refractivity contribution in [3.05, 3.63) is 23.9 Å². The van der Waals surface area contributed by atoms with Gasteiger partial charge in [-0.1, -0.05) is 32.8 Å². The van der Waals surface area contributed by atoms with Crippen LogP contribution in [-0.4, -0.2) is 37.1 Å². The number of aromatic nitrogens is 1. The van der Waals surface area contributed by atoms with Crippen molar-refractivity contribution in [1.29, 1.82) is 0 Å². The Balaban J connectivity index is 0.00000338. The molecule has 2 rings (SSSR count). The highest BCUT2D eigenvalue weighted by Crippen LogP contribution is 2.17. The zero-order chi connectivity index (χ0) is 17.9. The molecule has 0 saturated carbocycles. The van der Waals surface area contributed by atoms with Gasteiger partial charge in [0.1, 0.15) is 5.82 Å².